The second kappa shape index (κ2) is 11.7. The highest BCUT2D eigenvalue weighted by atomic mass is 127. The summed E-state index contributed by atoms with van der Waals surface area (Å²) >= 11 is 0. The fraction of sp³-hybridized carbons (Fsp3) is 0.478. The maximum atomic E-state index is 13.1. The lowest BCUT2D eigenvalue weighted by Crippen LogP contribution is -2.49. The molecule has 32 heavy (non-hydrogen) atoms. The van der Waals surface area contributed by atoms with E-state index in [2.05, 4.69) is 15.6 Å². The van der Waals surface area contributed by atoms with Crippen LogP contribution in [-0.4, -0.2) is 30.7 Å². The third-order valence-electron chi connectivity index (χ3n) is 5.95. The molecule has 3 rings (SSSR count). The highest BCUT2D eigenvalue weighted by Gasteiger charge is 2.40. The first-order valence-electron chi connectivity index (χ1n) is 10.6. The number of nitrogens with one attached hydrogen (secondary N) is 2. The van der Waals surface area contributed by atoms with Gasteiger partial charge in [0.2, 0.25) is 5.56 Å². The fourth-order valence-electron chi connectivity index (χ4n) is 3.93. The van der Waals surface area contributed by atoms with Gasteiger partial charge in [-0.2, -0.15) is 13.2 Å². The molecule has 2 aromatic rings. The van der Waals surface area contributed by atoms with E-state index in [4.69, 9.17) is 0 Å². The van der Waals surface area contributed by atoms with E-state index in [1.54, 1.807) is 36.0 Å². The molecule has 0 spiro atoms. The highest BCUT2D eigenvalue weighted by molar-refractivity contribution is 14.0. The second-order valence-electron chi connectivity index (χ2n) is 8.00. The number of alkyl halides is 3. The van der Waals surface area contributed by atoms with Gasteiger partial charge in [0.1, 0.15) is 0 Å². The van der Waals surface area contributed by atoms with Crippen molar-refractivity contribution in [2.75, 3.05) is 20.1 Å². The van der Waals surface area contributed by atoms with Gasteiger partial charge < -0.3 is 15.2 Å². The Morgan fingerprint density at radius 2 is 1.91 bits per heavy atom. The molecule has 1 aliphatic rings. The van der Waals surface area contributed by atoms with E-state index in [0.717, 1.165) is 43.7 Å². The van der Waals surface area contributed by atoms with Crippen molar-refractivity contribution in [1.29, 1.82) is 0 Å². The van der Waals surface area contributed by atoms with E-state index < -0.39 is 11.7 Å². The predicted octanol–water partition coefficient (Wildman–Crippen LogP) is 4.55. The van der Waals surface area contributed by atoms with Gasteiger partial charge in [-0.05, 0) is 43.4 Å². The summed E-state index contributed by atoms with van der Waals surface area (Å²) in [6, 6.07) is 10.8. The predicted molar refractivity (Wildman–Crippen MR) is 132 cm³/mol. The first kappa shape index (κ1) is 26.2. The molecule has 5 nitrogen and oxygen atoms in total. The van der Waals surface area contributed by atoms with Crippen LogP contribution in [0.1, 0.15) is 43.2 Å². The largest absolute Gasteiger partial charge is 0.416 e. The van der Waals surface area contributed by atoms with Crippen LogP contribution >= 0.6 is 24.0 Å². The Balaban J connectivity index is 0.00000363. The monoisotopic (exact) mass is 562 g/mol. The molecular weight excluding hydrogens is 532 g/mol. The van der Waals surface area contributed by atoms with Crippen molar-refractivity contribution in [3.8, 4) is 0 Å². The van der Waals surface area contributed by atoms with Gasteiger partial charge in [0.05, 0.1) is 5.56 Å². The summed E-state index contributed by atoms with van der Waals surface area (Å²) in [6.07, 6.45) is 1.86. The average molecular weight is 562 g/mol. The molecule has 2 N–H and O–H groups in total. The number of nitrogens with zero attached hydrogens (tertiary/aromatic N) is 2. The standard InChI is InChI=1S/C23H29F3N4O.HI/c1-27-21(28-13-3-5-15-30-14-4-2-10-20(30)31)29-17-22(11-7-12-22)18-8-6-9-19(16-18)23(24,25)26;/h2,4,6,8-10,14,16H,3,5,7,11-13,15,17H2,1H3,(H2,27,28,29);1H. The highest BCUT2D eigenvalue weighted by Crippen LogP contribution is 2.44. The number of unbranched alkanes of at least 4 members (excludes halogenated alkanes) is 1. The SMILES string of the molecule is CN=C(NCCCCn1ccccc1=O)NCC1(c2cccc(C(F)(F)F)c2)CCC1.I. The Labute approximate surface area is 203 Å². The number of hydrogen-bond donors (Lipinski definition) is 2. The molecule has 176 valence electrons. The number of aryl methyl sites for hydroxylation is 1. The van der Waals surface area contributed by atoms with Crippen LogP contribution in [0.4, 0.5) is 13.2 Å². The summed E-state index contributed by atoms with van der Waals surface area (Å²) in [7, 11) is 1.68. The lowest BCUT2D eigenvalue weighted by molar-refractivity contribution is -0.137. The van der Waals surface area contributed by atoms with Gasteiger partial charge in [-0.15, -0.1) is 24.0 Å². The average Bonchev–Trinajstić information content (AvgIpc) is 2.72. The molecule has 1 saturated carbocycles. The van der Waals surface area contributed by atoms with Gasteiger partial charge in [-0.25, -0.2) is 0 Å². The van der Waals surface area contributed by atoms with E-state index in [1.807, 2.05) is 6.07 Å². The van der Waals surface area contributed by atoms with Gasteiger partial charge in [0.15, 0.2) is 5.96 Å². The summed E-state index contributed by atoms with van der Waals surface area (Å²) in [5, 5.41) is 6.54. The number of rotatable bonds is 8. The number of aliphatic imine (C=N–C) groups is 1. The van der Waals surface area contributed by atoms with Crippen LogP contribution in [-0.2, 0) is 18.1 Å². The van der Waals surface area contributed by atoms with Crippen LogP contribution in [0.25, 0.3) is 0 Å². The molecule has 0 unspecified atom stereocenters. The quantitative estimate of drug-likeness (QED) is 0.215. The lowest BCUT2D eigenvalue weighted by atomic mass is 9.64. The van der Waals surface area contributed by atoms with E-state index in [0.29, 0.717) is 25.6 Å². The normalized spacial score (nSPS) is 15.4. The van der Waals surface area contributed by atoms with E-state index >= 15 is 0 Å². The molecule has 1 aromatic carbocycles. The molecule has 0 saturated heterocycles. The van der Waals surface area contributed by atoms with Crippen LogP contribution in [0.2, 0.25) is 0 Å². The minimum Gasteiger partial charge on any atom is -0.356 e. The van der Waals surface area contributed by atoms with Crippen LogP contribution in [0.3, 0.4) is 0 Å². The van der Waals surface area contributed by atoms with Crippen molar-refractivity contribution in [2.45, 2.75) is 50.2 Å². The molecule has 1 aliphatic carbocycles. The first-order chi connectivity index (χ1) is 14.8. The topological polar surface area (TPSA) is 58.4 Å². The smallest absolute Gasteiger partial charge is 0.356 e. The zero-order valence-corrected chi connectivity index (χ0v) is 20.5. The molecule has 0 amide bonds. The molecule has 1 heterocycles. The summed E-state index contributed by atoms with van der Waals surface area (Å²) in [6.45, 7) is 1.89. The van der Waals surface area contributed by atoms with E-state index in [1.165, 1.54) is 12.1 Å². The molecule has 0 atom stereocenters. The number of halogens is 4. The zero-order valence-electron chi connectivity index (χ0n) is 18.1. The van der Waals surface area contributed by atoms with Crippen molar-refractivity contribution < 1.29 is 13.2 Å². The molecule has 1 fully saturated rings. The fourth-order valence-corrected chi connectivity index (χ4v) is 3.93. The minimum absolute atomic E-state index is 0. The first-order valence-corrected chi connectivity index (χ1v) is 10.6. The molecular formula is C23H30F3IN4O. The van der Waals surface area contributed by atoms with Gasteiger partial charge in [0, 0.05) is 44.4 Å². The number of aromatic nitrogens is 1. The lowest BCUT2D eigenvalue weighted by Gasteiger charge is -2.43. The van der Waals surface area contributed by atoms with E-state index in [9.17, 15) is 18.0 Å². The second-order valence-corrected chi connectivity index (χ2v) is 8.00. The van der Waals surface area contributed by atoms with Gasteiger partial charge in [-0.1, -0.05) is 30.7 Å². The Bertz CT molecular complexity index is 954. The van der Waals surface area contributed by atoms with Gasteiger partial charge in [-0.3, -0.25) is 9.79 Å². The summed E-state index contributed by atoms with van der Waals surface area (Å²) in [4.78, 5) is 15.9. The van der Waals surface area contributed by atoms with Crippen LogP contribution in [0.5, 0.6) is 0 Å². The summed E-state index contributed by atoms with van der Waals surface area (Å²) < 4.78 is 41.0. The maximum absolute atomic E-state index is 13.1. The summed E-state index contributed by atoms with van der Waals surface area (Å²) in [5.41, 5.74) is -0.178. The number of pyridine rings is 1. The van der Waals surface area contributed by atoms with Crippen LogP contribution < -0.4 is 16.2 Å². The number of guanidine groups is 1. The molecule has 0 radical (unpaired) electrons. The minimum atomic E-state index is -4.34. The molecule has 9 heteroatoms. The number of benzene rings is 1. The van der Waals surface area contributed by atoms with Crippen molar-refractivity contribution >= 4 is 29.9 Å². The van der Waals surface area contributed by atoms with Crippen LogP contribution in [0, 0.1) is 0 Å². The third-order valence-corrected chi connectivity index (χ3v) is 5.95. The van der Waals surface area contributed by atoms with Crippen LogP contribution in [0.15, 0.2) is 58.4 Å². The zero-order chi connectivity index (χ0) is 22.3. The van der Waals surface area contributed by atoms with Crippen molar-refractivity contribution in [3.63, 3.8) is 0 Å². The summed E-state index contributed by atoms with van der Waals surface area (Å²) in [5.74, 6) is 0.634. The third kappa shape index (κ3) is 6.73. The van der Waals surface area contributed by atoms with Gasteiger partial charge in [0.25, 0.3) is 0 Å². The van der Waals surface area contributed by atoms with Crippen molar-refractivity contribution in [1.82, 2.24) is 15.2 Å². The molecule has 0 bridgehead atoms. The molecule has 1 aromatic heterocycles. The number of hydrogen-bond acceptors (Lipinski definition) is 2. The van der Waals surface area contributed by atoms with E-state index in [-0.39, 0.29) is 35.0 Å². The Morgan fingerprint density at radius 1 is 1.12 bits per heavy atom. The Kier molecular flexibility index (Phi) is 9.60. The maximum Gasteiger partial charge on any atom is 0.416 e. The Morgan fingerprint density at radius 3 is 2.53 bits per heavy atom. The van der Waals surface area contributed by atoms with Crippen molar-refractivity contribution in [3.05, 3.63) is 70.1 Å². The van der Waals surface area contributed by atoms with Crippen molar-refractivity contribution in [2.24, 2.45) is 4.99 Å². The Hall–Kier alpha value is -2.04. The van der Waals surface area contributed by atoms with Gasteiger partial charge >= 0.3 is 6.18 Å². The molecule has 0 aliphatic heterocycles.